The van der Waals surface area contributed by atoms with Crippen molar-refractivity contribution in [1.82, 2.24) is 0 Å². The summed E-state index contributed by atoms with van der Waals surface area (Å²) in [5, 5.41) is 2.97. The molecule has 0 bridgehead atoms. The number of methoxy groups -OCH3 is 1. The van der Waals surface area contributed by atoms with E-state index in [1.54, 1.807) is 72.7 Å². The minimum atomic E-state index is -0.585. The maximum Gasteiger partial charge on any atom is 0.229 e. The highest BCUT2D eigenvalue weighted by Gasteiger charge is 2.41. The predicted octanol–water partition coefficient (Wildman–Crippen LogP) is 5.36. The van der Waals surface area contributed by atoms with Crippen molar-refractivity contribution in [2.24, 2.45) is 5.92 Å². The Balaban J connectivity index is 1.67. The molecule has 2 atom stereocenters. The van der Waals surface area contributed by atoms with Crippen LogP contribution in [0.5, 0.6) is 11.5 Å². The van der Waals surface area contributed by atoms with Crippen LogP contribution in [0.2, 0.25) is 0 Å². The number of carbonyl (C=O) groups is 2. The minimum Gasteiger partial charge on any atom is -0.497 e. The number of nitrogens with zero attached hydrogens (tertiary/aromatic N) is 1. The fraction of sp³-hybridized carbons (Fsp3) is 0.259. The Labute approximate surface area is 198 Å². The van der Waals surface area contributed by atoms with Crippen molar-refractivity contribution in [3.63, 3.8) is 0 Å². The van der Waals surface area contributed by atoms with E-state index < -0.39 is 12.0 Å². The number of carbonyl (C=O) groups excluding carboxylic acids is 2. The summed E-state index contributed by atoms with van der Waals surface area (Å²) in [7, 11) is 1.57. The zero-order chi connectivity index (χ0) is 24.1. The molecule has 1 aliphatic heterocycles. The van der Waals surface area contributed by atoms with Gasteiger partial charge in [-0.15, -0.1) is 0 Å². The quantitative estimate of drug-likeness (QED) is 0.514. The lowest BCUT2D eigenvalue weighted by Gasteiger charge is -2.41. The van der Waals surface area contributed by atoms with Gasteiger partial charge in [-0.25, -0.2) is 4.39 Å². The smallest absolute Gasteiger partial charge is 0.229 e. The lowest BCUT2D eigenvalue weighted by Crippen LogP contribution is -2.47. The summed E-state index contributed by atoms with van der Waals surface area (Å²) < 4.78 is 24.4. The number of hydrogen-bond donors (Lipinski definition) is 1. The maximum atomic E-state index is 13.7. The van der Waals surface area contributed by atoms with Gasteiger partial charge in [0.2, 0.25) is 11.8 Å². The van der Waals surface area contributed by atoms with Crippen molar-refractivity contribution < 1.29 is 23.5 Å². The van der Waals surface area contributed by atoms with Crippen LogP contribution in [0.4, 0.5) is 15.8 Å². The maximum absolute atomic E-state index is 13.7. The van der Waals surface area contributed by atoms with E-state index in [1.807, 2.05) is 6.92 Å². The molecule has 176 valence electrons. The first-order valence-electron chi connectivity index (χ1n) is 11.3. The Morgan fingerprint density at radius 1 is 1.00 bits per heavy atom. The fourth-order valence-corrected chi connectivity index (χ4v) is 4.29. The topological polar surface area (TPSA) is 67.9 Å². The first-order chi connectivity index (χ1) is 16.5. The summed E-state index contributed by atoms with van der Waals surface area (Å²) in [6.45, 7) is 2.46. The number of halogens is 1. The molecule has 2 amide bonds. The second-order valence-electron chi connectivity index (χ2n) is 8.05. The summed E-state index contributed by atoms with van der Waals surface area (Å²) in [6.07, 6.45) is 0.613. The van der Waals surface area contributed by atoms with E-state index in [1.165, 1.54) is 12.1 Å². The Kier molecular flexibility index (Phi) is 7.11. The third-order valence-electron chi connectivity index (χ3n) is 5.93. The van der Waals surface area contributed by atoms with Gasteiger partial charge in [-0.2, -0.15) is 0 Å². The number of ether oxygens (including phenoxy) is 2. The van der Waals surface area contributed by atoms with Crippen molar-refractivity contribution in [2.75, 3.05) is 23.9 Å². The van der Waals surface area contributed by atoms with Crippen molar-refractivity contribution in [1.29, 1.82) is 0 Å². The number of benzene rings is 3. The first-order valence-corrected chi connectivity index (χ1v) is 11.3. The molecule has 3 aromatic rings. The van der Waals surface area contributed by atoms with Crippen molar-refractivity contribution in [2.45, 2.75) is 25.8 Å². The van der Waals surface area contributed by atoms with Crippen LogP contribution in [0, 0.1) is 11.7 Å². The van der Waals surface area contributed by atoms with Crippen LogP contribution in [0.25, 0.3) is 0 Å². The minimum absolute atomic E-state index is 0.0930. The van der Waals surface area contributed by atoms with E-state index >= 15 is 0 Å². The number of anilines is 2. The van der Waals surface area contributed by atoms with Gasteiger partial charge < -0.3 is 19.7 Å². The Hall–Kier alpha value is -3.87. The molecule has 1 aliphatic rings. The Bertz CT molecular complexity index is 1130. The van der Waals surface area contributed by atoms with Crippen LogP contribution in [-0.2, 0) is 9.59 Å². The monoisotopic (exact) mass is 462 g/mol. The molecular weight excluding hydrogens is 435 g/mol. The van der Waals surface area contributed by atoms with Crippen LogP contribution < -0.4 is 19.7 Å². The number of amides is 2. The summed E-state index contributed by atoms with van der Waals surface area (Å²) in [6, 6.07) is 19.7. The van der Waals surface area contributed by atoms with Crippen LogP contribution in [-0.4, -0.2) is 25.5 Å². The molecule has 1 saturated heterocycles. The second kappa shape index (κ2) is 10.4. The molecule has 4 rings (SSSR count). The molecule has 6 nitrogen and oxygen atoms in total. The largest absolute Gasteiger partial charge is 0.497 e. The van der Waals surface area contributed by atoms with Gasteiger partial charge in [-0.3, -0.25) is 9.59 Å². The van der Waals surface area contributed by atoms with Crippen LogP contribution in [0.3, 0.4) is 0 Å². The van der Waals surface area contributed by atoms with Gasteiger partial charge in [-0.05, 0) is 79.6 Å². The second-order valence-corrected chi connectivity index (χ2v) is 8.05. The average molecular weight is 463 g/mol. The van der Waals surface area contributed by atoms with Crippen LogP contribution >= 0.6 is 0 Å². The molecule has 0 saturated carbocycles. The molecule has 3 aromatic carbocycles. The molecule has 0 radical (unpaired) electrons. The standard InChI is InChI=1S/C27H27FN2O4/c1-3-34-23-12-8-20(9-13-23)29-27(32)24-16-17-25(31)30(21-10-14-22(33-2)15-11-21)26(24)18-4-6-19(28)7-5-18/h4-15,24,26H,3,16-17H2,1-2H3,(H,29,32)/t24-,26+/m1/s1. The summed E-state index contributed by atoms with van der Waals surface area (Å²) in [5.41, 5.74) is 1.98. The molecule has 0 spiro atoms. The summed E-state index contributed by atoms with van der Waals surface area (Å²) in [5.74, 6) is 0.179. The molecule has 1 heterocycles. The number of piperidine rings is 1. The lowest BCUT2D eigenvalue weighted by molar-refractivity contribution is -0.125. The molecule has 0 aliphatic carbocycles. The van der Waals surface area contributed by atoms with Gasteiger partial charge in [-0.1, -0.05) is 12.1 Å². The van der Waals surface area contributed by atoms with Gasteiger partial charge in [0.05, 0.1) is 25.7 Å². The number of hydrogen-bond acceptors (Lipinski definition) is 4. The number of nitrogens with one attached hydrogen (secondary N) is 1. The fourth-order valence-electron chi connectivity index (χ4n) is 4.29. The predicted molar refractivity (Wildman–Crippen MR) is 129 cm³/mol. The average Bonchev–Trinajstić information content (AvgIpc) is 2.86. The van der Waals surface area contributed by atoms with E-state index in [9.17, 15) is 14.0 Å². The van der Waals surface area contributed by atoms with Crippen molar-refractivity contribution in [3.8, 4) is 11.5 Å². The van der Waals surface area contributed by atoms with Gasteiger partial charge in [0, 0.05) is 17.8 Å². The highest BCUT2D eigenvalue weighted by Crippen LogP contribution is 2.41. The van der Waals surface area contributed by atoms with Gasteiger partial charge in [0.1, 0.15) is 17.3 Å². The third-order valence-corrected chi connectivity index (χ3v) is 5.93. The first kappa shape index (κ1) is 23.3. The van der Waals surface area contributed by atoms with Gasteiger partial charge in [0.25, 0.3) is 0 Å². The zero-order valence-corrected chi connectivity index (χ0v) is 19.2. The molecule has 1 fully saturated rings. The molecule has 7 heteroatoms. The van der Waals surface area contributed by atoms with Crippen molar-refractivity contribution >= 4 is 23.2 Å². The summed E-state index contributed by atoms with van der Waals surface area (Å²) in [4.78, 5) is 28.2. The number of rotatable bonds is 7. The van der Waals surface area contributed by atoms with Crippen molar-refractivity contribution in [3.05, 3.63) is 84.2 Å². The highest BCUT2D eigenvalue weighted by molar-refractivity contribution is 6.00. The zero-order valence-electron chi connectivity index (χ0n) is 19.2. The third kappa shape index (κ3) is 5.03. The Morgan fingerprint density at radius 3 is 2.26 bits per heavy atom. The molecule has 34 heavy (non-hydrogen) atoms. The normalized spacial score (nSPS) is 17.9. The molecule has 0 aromatic heterocycles. The SMILES string of the molecule is CCOc1ccc(NC(=O)[C@@H]2CCC(=O)N(c3ccc(OC)cc3)[C@H]2c2ccc(F)cc2)cc1. The van der Waals surface area contributed by atoms with E-state index in [4.69, 9.17) is 9.47 Å². The van der Waals surface area contributed by atoms with Gasteiger partial charge in [0.15, 0.2) is 0 Å². The van der Waals surface area contributed by atoms with E-state index in [0.717, 1.165) is 5.75 Å². The van der Waals surface area contributed by atoms with Crippen LogP contribution in [0.1, 0.15) is 31.4 Å². The molecule has 1 N–H and O–H groups in total. The van der Waals surface area contributed by atoms with E-state index in [-0.39, 0.29) is 24.1 Å². The molecular formula is C27H27FN2O4. The summed E-state index contributed by atoms with van der Waals surface area (Å²) >= 11 is 0. The highest BCUT2D eigenvalue weighted by atomic mass is 19.1. The Morgan fingerprint density at radius 2 is 1.65 bits per heavy atom. The van der Waals surface area contributed by atoms with Crippen LogP contribution in [0.15, 0.2) is 72.8 Å². The molecule has 0 unspecified atom stereocenters. The lowest BCUT2D eigenvalue weighted by atomic mass is 9.83. The van der Waals surface area contributed by atoms with Gasteiger partial charge >= 0.3 is 0 Å². The van der Waals surface area contributed by atoms with E-state index in [0.29, 0.717) is 35.7 Å². The van der Waals surface area contributed by atoms with E-state index in [2.05, 4.69) is 5.32 Å².